The van der Waals surface area contributed by atoms with Crippen LogP contribution in [0.4, 0.5) is 11.6 Å². The molecule has 0 spiro atoms. The molecule has 37 heavy (non-hydrogen) atoms. The molecule has 5 nitrogen and oxygen atoms in total. The van der Waals surface area contributed by atoms with Crippen LogP contribution in [0.2, 0.25) is 5.02 Å². The lowest BCUT2D eigenvalue weighted by atomic mass is 9.98. The Kier molecular flexibility index (Phi) is 6.07. The zero-order valence-electron chi connectivity index (χ0n) is 20.7. The van der Waals surface area contributed by atoms with Gasteiger partial charge < -0.3 is 4.90 Å². The van der Waals surface area contributed by atoms with Crippen LogP contribution in [0.3, 0.4) is 0 Å². The number of nitrogens with zero attached hydrogens (tertiary/aromatic N) is 5. The Bertz CT molecular complexity index is 1580. The molecule has 0 unspecified atom stereocenters. The van der Waals surface area contributed by atoms with E-state index >= 15 is 0 Å². The minimum atomic E-state index is -0.0280. The van der Waals surface area contributed by atoms with Crippen LogP contribution in [0, 0.1) is 0 Å². The average Bonchev–Trinajstić information content (AvgIpc) is 3.39. The van der Waals surface area contributed by atoms with Crippen molar-refractivity contribution >= 4 is 39.9 Å². The number of hydrogen-bond acceptors (Lipinski definition) is 5. The van der Waals surface area contributed by atoms with Gasteiger partial charge in [-0.2, -0.15) is 5.10 Å². The molecule has 2 heterocycles. The van der Waals surface area contributed by atoms with E-state index in [1.54, 1.807) is 0 Å². The van der Waals surface area contributed by atoms with Crippen molar-refractivity contribution in [2.75, 3.05) is 24.0 Å². The Labute approximate surface area is 221 Å². The van der Waals surface area contributed by atoms with Crippen LogP contribution in [-0.4, -0.2) is 29.8 Å². The fourth-order valence-electron chi connectivity index (χ4n) is 4.76. The first kappa shape index (κ1) is 23.2. The maximum atomic E-state index is 6.38. The number of anilines is 2. The summed E-state index contributed by atoms with van der Waals surface area (Å²) in [5.41, 5.74) is 7.13. The van der Waals surface area contributed by atoms with E-state index in [9.17, 15) is 0 Å². The fraction of sp³-hybridized carbons (Fsp3) is 0.129. The highest BCUT2D eigenvalue weighted by molar-refractivity contribution is 6.31. The largest absolute Gasteiger partial charge is 0.378 e. The van der Waals surface area contributed by atoms with Crippen molar-refractivity contribution in [1.82, 2.24) is 9.97 Å². The van der Waals surface area contributed by atoms with Gasteiger partial charge >= 0.3 is 0 Å². The van der Waals surface area contributed by atoms with Gasteiger partial charge in [0.15, 0.2) is 0 Å². The van der Waals surface area contributed by atoms with Gasteiger partial charge in [0, 0.05) is 42.2 Å². The van der Waals surface area contributed by atoms with E-state index in [1.165, 1.54) is 5.56 Å². The second-order valence-corrected chi connectivity index (χ2v) is 9.80. The Hall–Kier alpha value is -4.22. The van der Waals surface area contributed by atoms with Crippen LogP contribution >= 0.6 is 11.6 Å². The Morgan fingerprint density at radius 1 is 0.784 bits per heavy atom. The van der Waals surface area contributed by atoms with E-state index in [4.69, 9.17) is 26.7 Å². The molecule has 5 aromatic rings. The van der Waals surface area contributed by atoms with Crippen molar-refractivity contribution < 1.29 is 0 Å². The van der Waals surface area contributed by atoms with E-state index in [-0.39, 0.29) is 6.04 Å². The first-order chi connectivity index (χ1) is 18.1. The summed E-state index contributed by atoms with van der Waals surface area (Å²) < 4.78 is 0. The molecule has 0 aliphatic carbocycles. The predicted octanol–water partition coefficient (Wildman–Crippen LogP) is 7.37. The van der Waals surface area contributed by atoms with Crippen molar-refractivity contribution in [1.29, 1.82) is 0 Å². The highest BCUT2D eigenvalue weighted by Gasteiger charge is 2.32. The van der Waals surface area contributed by atoms with Gasteiger partial charge in [0.1, 0.15) is 0 Å². The monoisotopic (exact) mass is 503 g/mol. The van der Waals surface area contributed by atoms with Gasteiger partial charge in [-0.15, -0.1) is 0 Å². The second kappa shape index (κ2) is 9.68. The first-order valence-electron chi connectivity index (χ1n) is 12.3. The molecule has 0 saturated heterocycles. The predicted molar refractivity (Wildman–Crippen MR) is 154 cm³/mol. The molecule has 0 bridgehead atoms. The SMILES string of the molecule is CN(C)c1ccc([C@@H]2CC(c3ccccc3)=NN2c2nc(-c3ccccc3)c3cc(Cl)ccc3n2)cc1. The zero-order valence-corrected chi connectivity index (χ0v) is 21.5. The number of hydrogen-bond donors (Lipinski definition) is 0. The maximum absolute atomic E-state index is 6.38. The quantitative estimate of drug-likeness (QED) is 0.251. The molecule has 1 atom stereocenters. The number of benzene rings is 4. The smallest absolute Gasteiger partial charge is 0.247 e. The molecule has 6 heteroatoms. The third kappa shape index (κ3) is 4.54. The summed E-state index contributed by atoms with van der Waals surface area (Å²) in [7, 11) is 4.10. The number of halogens is 1. The van der Waals surface area contributed by atoms with Gasteiger partial charge in [0.2, 0.25) is 5.95 Å². The lowest BCUT2D eigenvalue weighted by Gasteiger charge is -2.23. The highest BCUT2D eigenvalue weighted by atomic mass is 35.5. The lowest BCUT2D eigenvalue weighted by Crippen LogP contribution is -2.21. The topological polar surface area (TPSA) is 44.6 Å². The van der Waals surface area contributed by atoms with Crippen LogP contribution in [0.1, 0.15) is 23.6 Å². The van der Waals surface area contributed by atoms with Crippen molar-refractivity contribution in [2.45, 2.75) is 12.5 Å². The van der Waals surface area contributed by atoms with Crippen LogP contribution in [-0.2, 0) is 0 Å². The summed E-state index contributed by atoms with van der Waals surface area (Å²) >= 11 is 6.38. The summed E-state index contributed by atoms with van der Waals surface area (Å²) in [5.74, 6) is 0.571. The molecule has 1 aliphatic rings. The number of aromatic nitrogens is 2. The molecule has 0 fully saturated rings. The van der Waals surface area contributed by atoms with Crippen LogP contribution in [0.5, 0.6) is 0 Å². The molecule has 0 saturated carbocycles. The standard InChI is InChI=1S/C31H26ClN5/c1-36(2)25-16-13-22(14-17-25)29-20-28(21-9-5-3-6-10-21)35-37(29)31-33-27-18-15-24(32)19-26(27)30(34-31)23-11-7-4-8-12-23/h3-19,29H,20H2,1-2H3/t29-/m0/s1. The highest BCUT2D eigenvalue weighted by Crippen LogP contribution is 2.38. The molecule has 0 radical (unpaired) electrons. The van der Waals surface area contributed by atoms with E-state index in [2.05, 4.69) is 53.4 Å². The number of hydrazone groups is 1. The number of rotatable bonds is 5. The lowest BCUT2D eigenvalue weighted by molar-refractivity contribution is 0.689. The van der Waals surface area contributed by atoms with Crippen molar-refractivity contribution in [3.05, 3.63) is 119 Å². The second-order valence-electron chi connectivity index (χ2n) is 9.36. The van der Waals surface area contributed by atoms with Gasteiger partial charge in [-0.25, -0.2) is 15.0 Å². The summed E-state index contributed by atoms with van der Waals surface area (Å²) in [5, 5.41) is 8.65. The minimum absolute atomic E-state index is 0.0280. The van der Waals surface area contributed by atoms with Gasteiger partial charge in [0.25, 0.3) is 0 Å². The average molecular weight is 504 g/mol. The van der Waals surface area contributed by atoms with E-state index in [0.29, 0.717) is 11.0 Å². The van der Waals surface area contributed by atoms with E-state index in [0.717, 1.165) is 45.5 Å². The normalized spacial score (nSPS) is 15.2. The third-order valence-electron chi connectivity index (χ3n) is 6.71. The van der Waals surface area contributed by atoms with Gasteiger partial charge in [-0.05, 0) is 41.5 Å². The van der Waals surface area contributed by atoms with Crippen molar-refractivity contribution in [2.24, 2.45) is 5.10 Å². The molecule has 1 aromatic heterocycles. The molecule has 1 aliphatic heterocycles. The summed E-state index contributed by atoms with van der Waals surface area (Å²) in [4.78, 5) is 12.2. The molecule has 6 rings (SSSR count). The van der Waals surface area contributed by atoms with Crippen LogP contribution < -0.4 is 9.91 Å². The summed E-state index contributed by atoms with van der Waals surface area (Å²) in [6.45, 7) is 0. The summed E-state index contributed by atoms with van der Waals surface area (Å²) in [6, 6.07) is 34.9. The maximum Gasteiger partial charge on any atom is 0.247 e. The first-order valence-corrected chi connectivity index (χ1v) is 12.7. The van der Waals surface area contributed by atoms with Crippen LogP contribution in [0.15, 0.2) is 108 Å². The van der Waals surface area contributed by atoms with Crippen LogP contribution in [0.25, 0.3) is 22.2 Å². The summed E-state index contributed by atoms with van der Waals surface area (Å²) in [6.07, 6.45) is 0.758. The van der Waals surface area contributed by atoms with Crippen molar-refractivity contribution in [3.8, 4) is 11.3 Å². The fourth-order valence-corrected chi connectivity index (χ4v) is 4.93. The molecule has 0 N–H and O–H groups in total. The minimum Gasteiger partial charge on any atom is -0.378 e. The van der Waals surface area contributed by atoms with Gasteiger partial charge in [0.05, 0.1) is 23.0 Å². The molecular weight excluding hydrogens is 478 g/mol. The van der Waals surface area contributed by atoms with Gasteiger partial charge in [-0.3, -0.25) is 0 Å². The Morgan fingerprint density at radius 2 is 1.46 bits per heavy atom. The Morgan fingerprint density at radius 3 is 2.14 bits per heavy atom. The van der Waals surface area contributed by atoms with E-state index in [1.807, 2.05) is 73.7 Å². The van der Waals surface area contributed by atoms with Gasteiger partial charge in [-0.1, -0.05) is 84.4 Å². The molecule has 182 valence electrons. The molecule has 0 amide bonds. The number of fused-ring (bicyclic) bond motifs is 1. The molecule has 4 aromatic carbocycles. The zero-order chi connectivity index (χ0) is 25.4. The Balaban J connectivity index is 1.51. The molecular formula is C31H26ClN5. The third-order valence-corrected chi connectivity index (χ3v) is 6.94. The van der Waals surface area contributed by atoms with Crippen molar-refractivity contribution in [3.63, 3.8) is 0 Å². The van der Waals surface area contributed by atoms with E-state index < -0.39 is 0 Å².